The number of halogens is 1. The van der Waals surface area contributed by atoms with E-state index in [-0.39, 0.29) is 11.2 Å². The van der Waals surface area contributed by atoms with Crippen LogP contribution in [0.5, 0.6) is 0 Å². The second-order valence-corrected chi connectivity index (χ2v) is 4.09. The van der Waals surface area contributed by atoms with Crippen LogP contribution in [0.1, 0.15) is 38.7 Å². The third-order valence-corrected chi connectivity index (χ3v) is 2.81. The van der Waals surface area contributed by atoms with Crippen molar-refractivity contribution in [3.05, 3.63) is 35.6 Å². The number of hydrogen-bond acceptors (Lipinski definition) is 0. The van der Waals surface area contributed by atoms with Gasteiger partial charge in [-0.3, -0.25) is 0 Å². The normalized spacial score (nSPS) is 14.3. The van der Waals surface area contributed by atoms with Crippen LogP contribution in [0.15, 0.2) is 24.3 Å². The molecule has 0 N–H and O–H groups in total. The lowest BCUT2D eigenvalue weighted by molar-refractivity contribution is 0.522. The summed E-state index contributed by atoms with van der Waals surface area (Å²) in [4.78, 5) is 0. The fraction of sp³-hybridized carbons (Fsp3) is 0.429. The quantitative estimate of drug-likeness (QED) is 0.652. The Balaban J connectivity index is 2.96. The van der Waals surface area contributed by atoms with E-state index >= 15 is 0 Å². The fourth-order valence-electron chi connectivity index (χ4n) is 1.66. The average molecular weight is 204 g/mol. The molecule has 80 valence electrons. The van der Waals surface area contributed by atoms with E-state index in [1.807, 2.05) is 13.0 Å². The minimum absolute atomic E-state index is 0.217. The van der Waals surface area contributed by atoms with Crippen molar-refractivity contribution in [2.24, 2.45) is 0 Å². The lowest BCUT2D eigenvalue weighted by atomic mass is 9.79. The summed E-state index contributed by atoms with van der Waals surface area (Å²) in [6.07, 6.45) is 8.63. The molecule has 0 nitrogen and oxygen atoms in total. The first-order chi connectivity index (χ1) is 7.12. The lowest BCUT2D eigenvalue weighted by Gasteiger charge is -2.24. The lowest BCUT2D eigenvalue weighted by Crippen LogP contribution is -2.19. The van der Waals surface area contributed by atoms with Crippen LogP contribution < -0.4 is 0 Å². The summed E-state index contributed by atoms with van der Waals surface area (Å²) >= 11 is 0. The van der Waals surface area contributed by atoms with Gasteiger partial charge in [0.25, 0.3) is 0 Å². The summed E-state index contributed by atoms with van der Waals surface area (Å²) in [5.74, 6) is 2.57. The van der Waals surface area contributed by atoms with Crippen molar-refractivity contribution >= 4 is 0 Å². The summed E-state index contributed by atoms with van der Waals surface area (Å²) in [5, 5.41) is 0. The summed E-state index contributed by atoms with van der Waals surface area (Å²) in [6, 6.07) is 6.60. The van der Waals surface area contributed by atoms with Crippen molar-refractivity contribution in [2.75, 3.05) is 0 Å². The summed E-state index contributed by atoms with van der Waals surface area (Å²) < 4.78 is 13.1. The molecular formula is C14H17F. The first-order valence-electron chi connectivity index (χ1n) is 5.36. The molecule has 15 heavy (non-hydrogen) atoms. The molecule has 0 aliphatic rings. The Hall–Kier alpha value is -1.29. The second kappa shape index (κ2) is 4.98. The largest absolute Gasteiger partial charge is 0.207 e. The van der Waals surface area contributed by atoms with E-state index < -0.39 is 0 Å². The minimum Gasteiger partial charge on any atom is -0.207 e. The van der Waals surface area contributed by atoms with Crippen molar-refractivity contribution in [3.63, 3.8) is 0 Å². The van der Waals surface area contributed by atoms with Gasteiger partial charge in [-0.15, -0.1) is 6.42 Å². The Bertz CT molecular complexity index is 362. The SMILES string of the molecule is C#CC(C)(CCCC)c1cccc(F)c1. The number of terminal acetylenes is 1. The van der Waals surface area contributed by atoms with Crippen LogP contribution in [0, 0.1) is 18.2 Å². The van der Waals surface area contributed by atoms with Crippen molar-refractivity contribution in [3.8, 4) is 12.3 Å². The van der Waals surface area contributed by atoms with Crippen molar-refractivity contribution in [2.45, 2.75) is 38.5 Å². The van der Waals surface area contributed by atoms with Crippen LogP contribution in [-0.4, -0.2) is 0 Å². The third-order valence-electron chi connectivity index (χ3n) is 2.81. The Morgan fingerprint density at radius 2 is 2.20 bits per heavy atom. The third kappa shape index (κ3) is 2.83. The van der Waals surface area contributed by atoms with Gasteiger partial charge in [0.05, 0.1) is 5.41 Å². The van der Waals surface area contributed by atoms with Crippen LogP contribution in [-0.2, 0) is 5.41 Å². The maximum Gasteiger partial charge on any atom is 0.123 e. The molecule has 1 aromatic carbocycles. The molecule has 0 aliphatic heterocycles. The van der Waals surface area contributed by atoms with Crippen LogP contribution in [0.3, 0.4) is 0 Å². The molecule has 0 saturated carbocycles. The van der Waals surface area contributed by atoms with Gasteiger partial charge in [-0.1, -0.05) is 37.8 Å². The smallest absolute Gasteiger partial charge is 0.123 e. The van der Waals surface area contributed by atoms with Crippen LogP contribution in [0.4, 0.5) is 4.39 Å². The molecule has 0 aliphatic carbocycles. The first-order valence-corrected chi connectivity index (χ1v) is 5.36. The van der Waals surface area contributed by atoms with E-state index in [2.05, 4.69) is 12.8 Å². The number of rotatable bonds is 4. The molecule has 1 rings (SSSR count). The van der Waals surface area contributed by atoms with Crippen molar-refractivity contribution < 1.29 is 4.39 Å². The van der Waals surface area contributed by atoms with Gasteiger partial charge in [-0.25, -0.2) is 4.39 Å². The topological polar surface area (TPSA) is 0 Å². The summed E-state index contributed by atoms with van der Waals surface area (Å²) in [6.45, 7) is 4.12. The molecule has 0 heterocycles. The molecule has 0 fully saturated rings. The molecule has 0 spiro atoms. The molecule has 0 bridgehead atoms. The van der Waals surface area contributed by atoms with Gasteiger partial charge in [0, 0.05) is 0 Å². The Morgan fingerprint density at radius 1 is 1.47 bits per heavy atom. The van der Waals surface area contributed by atoms with Crippen LogP contribution in [0.25, 0.3) is 0 Å². The van der Waals surface area contributed by atoms with E-state index in [9.17, 15) is 4.39 Å². The second-order valence-electron chi connectivity index (χ2n) is 4.09. The van der Waals surface area contributed by atoms with E-state index in [1.54, 1.807) is 6.07 Å². The van der Waals surface area contributed by atoms with Gasteiger partial charge in [0.2, 0.25) is 0 Å². The van der Waals surface area contributed by atoms with E-state index in [1.165, 1.54) is 12.1 Å². The monoisotopic (exact) mass is 204 g/mol. The molecule has 1 unspecified atom stereocenters. The van der Waals surface area contributed by atoms with Gasteiger partial charge in [0.1, 0.15) is 5.82 Å². The van der Waals surface area contributed by atoms with E-state index in [4.69, 9.17) is 6.42 Å². The summed E-state index contributed by atoms with van der Waals surface area (Å²) in [5.41, 5.74) is 0.566. The van der Waals surface area contributed by atoms with Crippen molar-refractivity contribution in [1.82, 2.24) is 0 Å². The highest BCUT2D eigenvalue weighted by molar-refractivity contribution is 5.33. The zero-order valence-corrected chi connectivity index (χ0v) is 9.39. The molecule has 1 atom stereocenters. The molecule has 0 radical (unpaired) electrons. The Kier molecular flexibility index (Phi) is 3.91. The highest BCUT2D eigenvalue weighted by Gasteiger charge is 2.23. The molecule has 0 amide bonds. The standard InChI is InChI=1S/C14H17F/c1-4-6-10-14(3,5-2)12-8-7-9-13(15)11-12/h2,7-9,11H,4,6,10H2,1,3H3. The highest BCUT2D eigenvalue weighted by atomic mass is 19.1. The molecule has 1 heteroatoms. The number of unbranched alkanes of at least 4 members (excludes halogenated alkanes) is 1. The van der Waals surface area contributed by atoms with E-state index in [0.717, 1.165) is 24.8 Å². The van der Waals surface area contributed by atoms with Gasteiger partial charge in [-0.05, 0) is 31.0 Å². The average Bonchev–Trinajstić information content (AvgIpc) is 2.26. The zero-order chi connectivity index (χ0) is 11.3. The van der Waals surface area contributed by atoms with Crippen LogP contribution in [0.2, 0.25) is 0 Å². The Morgan fingerprint density at radius 3 is 2.73 bits per heavy atom. The molecule has 0 saturated heterocycles. The molecule has 1 aromatic rings. The van der Waals surface area contributed by atoms with Crippen molar-refractivity contribution in [1.29, 1.82) is 0 Å². The number of hydrogen-bond donors (Lipinski definition) is 0. The van der Waals surface area contributed by atoms with Gasteiger partial charge in [-0.2, -0.15) is 0 Å². The maximum absolute atomic E-state index is 13.1. The maximum atomic E-state index is 13.1. The van der Waals surface area contributed by atoms with Crippen LogP contribution >= 0.6 is 0 Å². The first kappa shape index (κ1) is 11.8. The predicted octanol–water partition coefficient (Wildman–Crippen LogP) is 3.91. The summed E-state index contributed by atoms with van der Waals surface area (Å²) in [7, 11) is 0. The predicted molar refractivity (Wildman–Crippen MR) is 62.1 cm³/mol. The highest BCUT2D eigenvalue weighted by Crippen LogP contribution is 2.29. The molecular weight excluding hydrogens is 187 g/mol. The fourth-order valence-corrected chi connectivity index (χ4v) is 1.66. The van der Waals surface area contributed by atoms with Gasteiger partial charge < -0.3 is 0 Å². The Labute approximate surface area is 91.5 Å². The zero-order valence-electron chi connectivity index (χ0n) is 9.39. The number of benzene rings is 1. The molecule has 0 aromatic heterocycles. The van der Waals surface area contributed by atoms with Gasteiger partial charge in [0.15, 0.2) is 0 Å². The van der Waals surface area contributed by atoms with E-state index in [0.29, 0.717) is 0 Å². The van der Waals surface area contributed by atoms with Gasteiger partial charge >= 0.3 is 0 Å². The minimum atomic E-state index is -0.335.